The number of aryl methyl sites for hydroxylation is 4. The monoisotopic (exact) mass is 358 g/mol. The second-order valence-corrected chi connectivity index (χ2v) is 5.86. The molecule has 26 heavy (non-hydrogen) atoms. The lowest BCUT2D eigenvalue weighted by molar-refractivity contribution is 0.597. The summed E-state index contributed by atoms with van der Waals surface area (Å²) in [6.45, 7) is 0.622. The zero-order chi connectivity index (χ0) is 18.6. The maximum Gasteiger partial charge on any atom is 0.329 e. The van der Waals surface area contributed by atoms with Crippen molar-refractivity contribution < 1.29 is 0 Å². The standard InChI is InChI=1S/C14H14N8O4/c1-19-9-7(11(23)17-13(19)25)21(5-15-9)3-4-22-6-16-10-8(22)12(24)18-14(26)20(10)2/h5-6H,3-4H2,1-2H3,(H,17,23,25)(H,18,24,26). The summed E-state index contributed by atoms with van der Waals surface area (Å²) in [5, 5.41) is 0. The van der Waals surface area contributed by atoms with E-state index in [1.165, 1.54) is 35.9 Å². The summed E-state index contributed by atoms with van der Waals surface area (Å²) in [6, 6.07) is 0. The van der Waals surface area contributed by atoms with E-state index in [2.05, 4.69) is 19.9 Å². The number of nitrogens with zero attached hydrogens (tertiary/aromatic N) is 6. The average Bonchev–Trinajstić information content (AvgIpc) is 3.20. The van der Waals surface area contributed by atoms with Crippen molar-refractivity contribution in [3.63, 3.8) is 0 Å². The number of imidazole rings is 2. The molecule has 0 aliphatic heterocycles. The SMILES string of the molecule is Cn1c(=O)[nH]c(=O)c2c1ncn2CCn1cnc2c1c(=O)[nH]c(=O)n2C. The molecule has 0 saturated heterocycles. The van der Waals surface area contributed by atoms with E-state index in [4.69, 9.17) is 0 Å². The summed E-state index contributed by atoms with van der Waals surface area (Å²) in [5.41, 5.74) is -1.08. The van der Waals surface area contributed by atoms with Crippen LogP contribution in [0.25, 0.3) is 22.3 Å². The topological polar surface area (TPSA) is 145 Å². The largest absolute Gasteiger partial charge is 0.329 e. The van der Waals surface area contributed by atoms with E-state index in [9.17, 15) is 19.2 Å². The number of aromatic amines is 2. The van der Waals surface area contributed by atoms with Crippen molar-refractivity contribution in [1.29, 1.82) is 0 Å². The third-order valence-electron chi connectivity index (χ3n) is 4.33. The summed E-state index contributed by atoms with van der Waals surface area (Å²) in [6.07, 6.45) is 2.91. The Bertz CT molecular complexity index is 1290. The number of nitrogens with one attached hydrogen (secondary N) is 2. The minimum atomic E-state index is -0.541. The Hall–Kier alpha value is -3.70. The van der Waals surface area contributed by atoms with Crippen LogP contribution in [0.15, 0.2) is 31.8 Å². The van der Waals surface area contributed by atoms with Gasteiger partial charge in [-0.15, -0.1) is 0 Å². The molecule has 4 aromatic rings. The molecule has 0 spiro atoms. The number of fused-ring (bicyclic) bond motifs is 2. The maximum atomic E-state index is 12.1. The van der Waals surface area contributed by atoms with Crippen LogP contribution < -0.4 is 22.5 Å². The van der Waals surface area contributed by atoms with Crippen molar-refractivity contribution in [1.82, 2.24) is 38.2 Å². The van der Waals surface area contributed by atoms with Gasteiger partial charge in [0.05, 0.1) is 12.7 Å². The van der Waals surface area contributed by atoms with Gasteiger partial charge in [0.25, 0.3) is 11.1 Å². The minimum Gasteiger partial charge on any atom is -0.323 e. The van der Waals surface area contributed by atoms with Crippen molar-refractivity contribution in [3.05, 3.63) is 54.3 Å². The van der Waals surface area contributed by atoms with E-state index in [1.54, 1.807) is 9.13 Å². The third kappa shape index (κ3) is 2.15. The van der Waals surface area contributed by atoms with Crippen molar-refractivity contribution in [2.75, 3.05) is 0 Å². The molecule has 0 saturated carbocycles. The summed E-state index contributed by atoms with van der Waals surface area (Å²) in [5.74, 6) is 0. The van der Waals surface area contributed by atoms with E-state index in [0.717, 1.165) is 0 Å². The molecule has 0 unspecified atom stereocenters. The van der Waals surface area contributed by atoms with Crippen LogP contribution >= 0.6 is 0 Å². The Morgan fingerprint density at radius 2 is 1.15 bits per heavy atom. The molecular weight excluding hydrogens is 344 g/mol. The molecule has 12 heteroatoms. The molecule has 0 aliphatic carbocycles. The number of H-pyrrole nitrogens is 2. The first-order valence-corrected chi connectivity index (χ1v) is 7.67. The summed E-state index contributed by atoms with van der Waals surface area (Å²) < 4.78 is 5.69. The molecule has 0 fully saturated rings. The van der Waals surface area contributed by atoms with Crippen molar-refractivity contribution >= 4 is 22.3 Å². The molecule has 0 atom stereocenters. The van der Waals surface area contributed by atoms with Crippen LogP contribution in [0.4, 0.5) is 0 Å². The summed E-state index contributed by atoms with van der Waals surface area (Å²) in [7, 11) is 3.03. The Labute approximate surface area is 143 Å². The van der Waals surface area contributed by atoms with Gasteiger partial charge in [0, 0.05) is 27.2 Å². The predicted octanol–water partition coefficient (Wildman–Crippen LogP) is -2.14. The van der Waals surface area contributed by atoms with Crippen LogP contribution in [0, 0.1) is 0 Å². The Kier molecular flexibility index (Phi) is 3.29. The maximum absolute atomic E-state index is 12.1. The highest BCUT2D eigenvalue weighted by Gasteiger charge is 2.14. The van der Waals surface area contributed by atoms with Crippen molar-refractivity contribution in [2.24, 2.45) is 14.1 Å². The Morgan fingerprint density at radius 3 is 1.54 bits per heavy atom. The number of hydrogen-bond donors (Lipinski definition) is 2. The highest BCUT2D eigenvalue weighted by atomic mass is 16.2. The van der Waals surface area contributed by atoms with Gasteiger partial charge in [-0.05, 0) is 0 Å². The normalized spacial score (nSPS) is 11.6. The molecule has 0 aromatic carbocycles. The van der Waals surface area contributed by atoms with Gasteiger partial charge in [0.15, 0.2) is 22.3 Å². The van der Waals surface area contributed by atoms with Gasteiger partial charge < -0.3 is 9.13 Å². The molecule has 12 nitrogen and oxygen atoms in total. The lowest BCUT2D eigenvalue weighted by atomic mass is 10.4. The van der Waals surface area contributed by atoms with E-state index >= 15 is 0 Å². The van der Waals surface area contributed by atoms with Crippen LogP contribution in [0.2, 0.25) is 0 Å². The Morgan fingerprint density at radius 1 is 0.769 bits per heavy atom. The fourth-order valence-electron chi connectivity index (χ4n) is 2.93. The summed E-state index contributed by atoms with van der Waals surface area (Å²) >= 11 is 0. The lowest BCUT2D eigenvalue weighted by Crippen LogP contribution is -2.30. The van der Waals surface area contributed by atoms with E-state index < -0.39 is 22.5 Å². The van der Waals surface area contributed by atoms with E-state index in [0.29, 0.717) is 13.1 Å². The highest BCUT2D eigenvalue weighted by molar-refractivity contribution is 5.70. The molecule has 0 aliphatic rings. The fourth-order valence-corrected chi connectivity index (χ4v) is 2.93. The molecule has 4 heterocycles. The Balaban J connectivity index is 1.78. The molecule has 0 amide bonds. The molecule has 0 bridgehead atoms. The number of hydrogen-bond acceptors (Lipinski definition) is 6. The molecule has 2 N–H and O–H groups in total. The highest BCUT2D eigenvalue weighted by Crippen LogP contribution is 2.08. The quantitative estimate of drug-likeness (QED) is 0.427. The number of aromatic nitrogens is 8. The van der Waals surface area contributed by atoms with Crippen LogP contribution in [-0.2, 0) is 27.2 Å². The van der Waals surface area contributed by atoms with Gasteiger partial charge in [-0.1, -0.05) is 0 Å². The average molecular weight is 358 g/mol. The zero-order valence-corrected chi connectivity index (χ0v) is 13.9. The minimum absolute atomic E-state index is 0.262. The van der Waals surface area contributed by atoms with Crippen LogP contribution in [0.5, 0.6) is 0 Å². The smallest absolute Gasteiger partial charge is 0.323 e. The van der Waals surface area contributed by atoms with Crippen molar-refractivity contribution in [3.8, 4) is 0 Å². The van der Waals surface area contributed by atoms with Gasteiger partial charge in [-0.2, -0.15) is 0 Å². The molecule has 134 valence electrons. The predicted molar refractivity (Wildman–Crippen MR) is 91.2 cm³/mol. The van der Waals surface area contributed by atoms with E-state index in [-0.39, 0.29) is 22.3 Å². The summed E-state index contributed by atoms with van der Waals surface area (Å²) in [4.78, 5) is 60.2. The fraction of sp³-hybridized carbons (Fsp3) is 0.286. The lowest BCUT2D eigenvalue weighted by Gasteiger charge is -2.06. The van der Waals surface area contributed by atoms with Crippen LogP contribution in [0.3, 0.4) is 0 Å². The van der Waals surface area contributed by atoms with E-state index in [1.807, 2.05) is 0 Å². The second-order valence-electron chi connectivity index (χ2n) is 5.86. The van der Waals surface area contributed by atoms with Crippen LogP contribution in [0.1, 0.15) is 0 Å². The molecule has 0 radical (unpaired) electrons. The van der Waals surface area contributed by atoms with Gasteiger partial charge in [-0.3, -0.25) is 28.7 Å². The third-order valence-corrected chi connectivity index (χ3v) is 4.33. The number of rotatable bonds is 3. The van der Waals surface area contributed by atoms with Gasteiger partial charge in [-0.25, -0.2) is 19.6 Å². The van der Waals surface area contributed by atoms with Crippen LogP contribution in [-0.4, -0.2) is 38.2 Å². The molecular formula is C14H14N8O4. The first kappa shape index (κ1) is 15.8. The molecule has 4 aromatic heterocycles. The first-order valence-electron chi connectivity index (χ1n) is 7.67. The van der Waals surface area contributed by atoms with Gasteiger partial charge in [0.1, 0.15) is 0 Å². The molecule has 4 rings (SSSR count). The first-order chi connectivity index (χ1) is 12.4. The zero-order valence-electron chi connectivity index (χ0n) is 13.9. The van der Waals surface area contributed by atoms with Gasteiger partial charge in [0.2, 0.25) is 0 Å². The van der Waals surface area contributed by atoms with Crippen molar-refractivity contribution in [2.45, 2.75) is 13.1 Å². The van der Waals surface area contributed by atoms with Gasteiger partial charge >= 0.3 is 11.4 Å². The second kappa shape index (κ2) is 5.40.